The molecule has 1 unspecified atom stereocenters. The van der Waals surface area contributed by atoms with E-state index >= 15 is 0 Å². The van der Waals surface area contributed by atoms with E-state index in [0.717, 1.165) is 16.6 Å². The molecule has 0 bridgehead atoms. The van der Waals surface area contributed by atoms with Crippen molar-refractivity contribution in [2.45, 2.75) is 26.2 Å². The summed E-state index contributed by atoms with van der Waals surface area (Å²) < 4.78 is 47.1. The highest BCUT2D eigenvalue weighted by molar-refractivity contribution is 5.80. The summed E-state index contributed by atoms with van der Waals surface area (Å²) >= 11 is 0. The zero-order chi connectivity index (χ0) is 19.7. The van der Waals surface area contributed by atoms with Crippen LogP contribution in [-0.2, 0) is 0 Å². The Bertz CT molecular complexity index is 1090. The molecule has 0 aliphatic carbocycles. The van der Waals surface area contributed by atoms with Crippen molar-refractivity contribution >= 4 is 5.65 Å². The summed E-state index contributed by atoms with van der Waals surface area (Å²) in [6, 6.07) is 1.52. The molecular weight excluding hydrogens is 361 g/mol. The van der Waals surface area contributed by atoms with Crippen molar-refractivity contribution < 1.29 is 17.9 Å². The molecular formula is C18H15F3N4O2. The van der Waals surface area contributed by atoms with E-state index in [0.29, 0.717) is 12.1 Å². The van der Waals surface area contributed by atoms with Crippen molar-refractivity contribution in [2.24, 2.45) is 0 Å². The van der Waals surface area contributed by atoms with Gasteiger partial charge in [0.05, 0.1) is 11.3 Å². The minimum atomic E-state index is -1.58. The van der Waals surface area contributed by atoms with Gasteiger partial charge >= 0.3 is 11.7 Å². The summed E-state index contributed by atoms with van der Waals surface area (Å²) in [5.41, 5.74) is -0.0103. The van der Waals surface area contributed by atoms with Crippen molar-refractivity contribution in [2.75, 3.05) is 6.61 Å². The van der Waals surface area contributed by atoms with Crippen LogP contribution < -0.4 is 10.4 Å². The zero-order valence-electron chi connectivity index (χ0n) is 14.5. The van der Waals surface area contributed by atoms with Crippen molar-refractivity contribution in [3.05, 3.63) is 45.8 Å². The minimum absolute atomic E-state index is 0.0118. The number of nitrogens with zero attached hydrogens (tertiary/aromatic N) is 3. The Labute approximate surface area is 152 Å². The fraction of sp³-hybridized carbons (Fsp3) is 0.278. The summed E-state index contributed by atoms with van der Waals surface area (Å²) in [7, 11) is 0. The lowest BCUT2D eigenvalue weighted by atomic mass is 9.96. The third kappa shape index (κ3) is 3.26. The van der Waals surface area contributed by atoms with Gasteiger partial charge in [-0.15, -0.1) is 6.42 Å². The van der Waals surface area contributed by atoms with Crippen molar-refractivity contribution in [1.82, 2.24) is 19.6 Å². The topological polar surface area (TPSA) is 72.3 Å². The van der Waals surface area contributed by atoms with Gasteiger partial charge in [0, 0.05) is 5.92 Å². The molecule has 0 amide bonds. The van der Waals surface area contributed by atoms with Gasteiger partial charge in [-0.3, -0.25) is 4.98 Å². The van der Waals surface area contributed by atoms with Crippen molar-refractivity contribution in [3.8, 4) is 29.5 Å². The van der Waals surface area contributed by atoms with Crippen LogP contribution in [0, 0.1) is 29.8 Å². The number of halogens is 3. The van der Waals surface area contributed by atoms with Crippen LogP contribution in [0.25, 0.3) is 16.8 Å². The summed E-state index contributed by atoms with van der Waals surface area (Å²) in [5, 5.41) is 4.24. The van der Waals surface area contributed by atoms with Crippen LogP contribution in [-0.4, -0.2) is 26.2 Å². The molecule has 1 N–H and O–H groups in total. The second-order valence-corrected chi connectivity index (χ2v) is 5.90. The molecule has 6 nitrogen and oxygen atoms in total. The molecule has 0 spiro atoms. The summed E-state index contributed by atoms with van der Waals surface area (Å²) in [6.45, 7) is 3.59. The predicted octanol–water partition coefficient (Wildman–Crippen LogP) is 3.03. The Morgan fingerprint density at radius 3 is 2.59 bits per heavy atom. The molecule has 3 aromatic rings. The second kappa shape index (κ2) is 7.15. The fourth-order valence-electron chi connectivity index (χ4n) is 2.63. The molecule has 1 atom stereocenters. The zero-order valence-corrected chi connectivity index (χ0v) is 14.5. The molecule has 0 saturated carbocycles. The third-order valence-electron chi connectivity index (χ3n) is 4.15. The molecule has 0 aliphatic heterocycles. The lowest BCUT2D eigenvalue weighted by Gasteiger charge is -2.09. The molecule has 1 aromatic carbocycles. The number of nitrogens with one attached hydrogen (secondary N) is 1. The van der Waals surface area contributed by atoms with Crippen molar-refractivity contribution in [3.63, 3.8) is 0 Å². The highest BCUT2D eigenvalue weighted by atomic mass is 19.2. The first kappa shape index (κ1) is 18.5. The molecule has 9 heteroatoms. The van der Waals surface area contributed by atoms with E-state index in [2.05, 4.69) is 21.0 Å². The molecule has 2 heterocycles. The predicted molar refractivity (Wildman–Crippen MR) is 92.0 cm³/mol. The molecule has 0 aliphatic rings. The number of ether oxygens (including phenoxy) is 1. The molecule has 2 aromatic heterocycles. The number of fused-ring (bicyclic) bond motifs is 1. The summed E-state index contributed by atoms with van der Waals surface area (Å²) in [4.78, 5) is 18.9. The number of hydrogen-bond acceptors (Lipinski definition) is 4. The van der Waals surface area contributed by atoms with Crippen LogP contribution in [0.2, 0.25) is 0 Å². The number of hydrogen-bond donors (Lipinski definition) is 1. The Morgan fingerprint density at radius 1 is 1.33 bits per heavy atom. The van der Waals surface area contributed by atoms with Gasteiger partial charge in [0.2, 0.25) is 0 Å². The number of benzene rings is 1. The molecule has 27 heavy (non-hydrogen) atoms. The fourth-order valence-corrected chi connectivity index (χ4v) is 2.63. The SMILES string of the molecule is C#CCOc1nc2c(-c3cc(F)c(F)c(F)c3)c(C(C)CC)nn2c(=O)[nH]1. The summed E-state index contributed by atoms with van der Waals surface area (Å²) in [5.74, 6) is -2.21. The van der Waals surface area contributed by atoms with Crippen LogP contribution in [0.4, 0.5) is 13.2 Å². The van der Waals surface area contributed by atoms with Gasteiger partial charge in [-0.1, -0.05) is 19.8 Å². The monoisotopic (exact) mass is 376 g/mol. The smallest absolute Gasteiger partial charge is 0.352 e. The van der Waals surface area contributed by atoms with Crippen LogP contribution in [0.5, 0.6) is 6.01 Å². The average molecular weight is 376 g/mol. The van der Waals surface area contributed by atoms with E-state index in [1.165, 1.54) is 0 Å². The molecule has 0 fully saturated rings. The maximum atomic E-state index is 13.8. The average Bonchev–Trinajstić information content (AvgIpc) is 3.03. The lowest BCUT2D eigenvalue weighted by Crippen LogP contribution is -2.20. The first-order valence-corrected chi connectivity index (χ1v) is 8.11. The van der Waals surface area contributed by atoms with Crippen LogP contribution >= 0.6 is 0 Å². The van der Waals surface area contributed by atoms with Gasteiger partial charge < -0.3 is 4.74 Å². The van der Waals surface area contributed by atoms with E-state index in [9.17, 15) is 18.0 Å². The molecule has 3 rings (SSSR count). The van der Waals surface area contributed by atoms with Gasteiger partial charge in [0.25, 0.3) is 0 Å². The highest BCUT2D eigenvalue weighted by Gasteiger charge is 2.24. The number of aromatic nitrogens is 4. The highest BCUT2D eigenvalue weighted by Crippen LogP contribution is 2.34. The van der Waals surface area contributed by atoms with E-state index in [4.69, 9.17) is 11.2 Å². The van der Waals surface area contributed by atoms with Crippen molar-refractivity contribution in [1.29, 1.82) is 0 Å². The number of aromatic amines is 1. The maximum Gasteiger partial charge on any atom is 0.352 e. The Kier molecular flexibility index (Phi) is 4.90. The molecule has 0 saturated heterocycles. The molecule has 0 radical (unpaired) electrons. The van der Waals surface area contributed by atoms with Gasteiger partial charge in [-0.2, -0.15) is 14.6 Å². The van der Waals surface area contributed by atoms with Gasteiger partial charge in [0.1, 0.15) is 0 Å². The minimum Gasteiger partial charge on any atom is -0.451 e. The van der Waals surface area contributed by atoms with E-state index in [1.54, 1.807) is 0 Å². The van der Waals surface area contributed by atoms with Crippen LogP contribution in [0.3, 0.4) is 0 Å². The van der Waals surface area contributed by atoms with Gasteiger partial charge in [-0.25, -0.2) is 18.0 Å². The van der Waals surface area contributed by atoms with Gasteiger partial charge in [0.15, 0.2) is 29.7 Å². The van der Waals surface area contributed by atoms with E-state index < -0.39 is 23.1 Å². The normalized spacial score (nSPS) is 12.1. The van der Waals surface area contributed by atoms with E-state index in [-0.39, 0.29) is 35.3 Å². The Morgan fingerprint density at radius 2 is 2.00 bits per heavy atom. The van der Waals surface area contributed by atoms with E-state index in [1.807, 2.05) is 13.8 Å². The van der Waals surface area contributed by atoms with Gasteiger partial charge in [-0.05, 0) is 24.1 Å². The lowest BCUT2D eigenvalue weighted by molar-refractivity contribution is 0.337. The summed E-state index contributed by atoms with van der Waals surface area (Å²) in [6.07, 6.45) is 5.77. The Balaban J connectivity index is 2.35. The maximum absolute atomic E-state index is 13.8. The van der Waals surface area contributed by atoms with Crippen LogP contribution in [0.15, 0.2) is 16.9 Å². The first-order chi connectivity index (χ1) is 12.9. The third-order valence-corrected chi connectivity index (χ3v) is 4.15. The second-order valence-electron chi connectivity index (χ2n) is 5.90. The number of H-pyrrole nitrogens is 1. The Hall–Kier alpha value is -3.28. The number of terminal acetylenes is 1. The quantitative estimate of drug-likeness (QED) is 0.549. The number of rotatable bonds is 5. The first-order valence-electron chi connectivity index (χ1n) is 8.11. The largest absolute Gasteiger partial charge is 0.451 e. The molecule has 140 valence electrons. The van der Waals surface area contributed by atoms with Crippen LogP contribution in [0.1, 0.15) is 31.9 Å². The standard InChI is InChI=1S/C18H15F3N4O2/c1-4-6-27-17-22-16-13(10-7-11(19)14(21)12(20)8-10)15(9(3)5-2)24-25(16)18(26)23-17/h1,7-9H,5-6H2,2-3H3,(H,22,23,26).